The Morgan fingerprint density at radius 2 is 2.04 bits per heavy atom. The van der Waals surface area contributed by atoms with Gasteiger partial charge in [0.15, 0.2) is 5.11 Å². The number of hydrogen-bond acceptors (Lipinski definition) is 4. The minimum atomic E-state index is -0.244. The molecule has 1 fully saturated rings. The lowest BCUT2D eigenvalue weighted by molar-refractivity contribution is -0.120. The zero-order valence-electron chi connectivity index (χ0n) is 13.0. The van der Waals surface area contributed by atoms with Crippen molar-refractivity contribution in [3.05, 3.63) is 42.0 Å². The number of fused-ring (bicyclic) bond motifs is 2. The van der Waals surface area contributed by atoms with Gasteiger partial charge in [-0.25, -0.2) is 4.98 Å². The second kappa shape index (κ2) is 5.06. The van der Waals surface area contributed by atoms with Crippen molar-refractivity contribution in [3.63, 3.8) is 0 Å². The highest BCUT2D eigenvalue weighted by molar-refractivity contribution is 7.80. The van der Waals surface area contributed by atoms with Gasteiger partial charge in [-0.05, 0) is 36.5 Å². The van der Waals surface area contributed by atoms with Gasteiger partial charge in [0.1, 0.15) is 6.04 Å². The van der Waals surface area contributed by atoms with Gasteiger partial charge in [0.2, 0.25) is 0 Å². The molecule has 3 heterocycles. The molecule has 7 heteroatoms. The van der Waals surface area contributed by atoms with E-state index in [-0.39, 0.29) is 11.9 Å². The lowest BCUT2D eigenvalue weighted by Crippen LogP contribution is -2.40. The molecule has 1 saturated heterocycles. The zero-order chi connectivity index (χ0) is 16.1. The minimum Gasteiger partial charge on any atom is -0.378 e. The lowest BCUT2D eigenvalue weighted by Gasteiger charge is -2.27. The minimum absolute atomic E-state index is 0.0289. The zero-order valence-corrected chi connectivity index (χ0v) is 13.8. The smallest absolute Gasteiger partial charge is 0.256 e. The van der Waals surface area contributed by atoms with Crippen LogP contribution in [-0.4, -0.2) is 46.0 Å². The van der Waals surface area contributed by atoms with Crippen LogP contribution in [0.2, 0.25) is 0 Å². The Balaban J connectivity index is 1.65. The summed E-state index contributed by atoms with van der Waals surface area (Å²) in [6, 6.07) is 7.62. The number of benzene rings is 1. The van der Waals surface area contributed by atoms with Gasteiger partial charge >= 0.3 is 0 Å². The summed E-state index contributed by atoms with van der Waals surface area (Å²) in [7, 11) is 3.98. The topological polar surface area (TPSA) is 55.5 Å². The first-order chi connectivity index (χ1) is 11.1. The van der Waals surface area contributed by atoms with Crippen molar-refractivity contribution in [1.29, 1.82) is 0 Å². The van der Waals surface area contributed by atoms with E-state index in [1.807, 2.05) is 48.2 Å². The normalized spacial score (nSPS) is 19.8. The predicted octanol–water partition coefficient (Wildman–Crippen LogP) is 1.53. The van der Waals surface area contributed by atoms with E-state index in [9.17, 15) is 4.79 Å². The van der Waals surface area contributed by atoms with Crippen LogP contribution in [0, 0.1) is 0 Å². The number of imidazole rings is 1. The van der Waals surface area contributed by atoms with Gasteiger partial charge < -0.3 is 14.8 Å². The fourth-order valence-electron chi connectivity index (χ4n) is 3.17. The van der Waals surface area contributed by atoms with Crippen LogP contribution in [-0.2, 0) is 17.8 Å². The molecule has 6 nitrogen and oxygen atoms in total. The molecule has 118 valence electrons. The number of nitrogens with zero attached hydrogens (tertiary/aromatic N) is 4. The molecule has 2 aliphatic rings. The van der Waals surface area contributed by atoms with E-state index in [4.69, 9.17) is 12.2 Å². The van der Waals surface area contributed by atoms with Crippen LogP contribution in [0.3, 0.4) is 0 Å². The number of carbonyl (C=O) groups excluding carboxylic acids is 1. The number of rotatable bonds is 2. The molecule has 0 radical (unpaired) electrons. The largest absolute Gasteiger partial charge is 0.378 e. The van der Waals surface area contributed by atoms with E-state index in [1.165, 1.54) is 0 Å². The van der Waals surface area contributed by atoms with E-state index < -0.39 is 0 Å². The van der Waals surface area contributed by atoms with Crippen LogP contribution < -0.4 is 9.80 Å². The van der Waals surface area contributed by atoms with E-state index >= 15 is 0 Å². The third-order valence-electron chi connectivity index (χ3n) is 4.47. The van der Waals surface area contributed by atoms with Crippen molar-refractivity contribution >= 4 is 34.6 Å². The average Bonchev–Trinajstić information content (AvgIpc) is 3.09. The predicted molar refractivity (Wildman–Crippen MR) is 92.5 cm³/mol. The standard InChI is InChI=1S/C16H17N5OS/c1-19(2)10-3-5-11(6-4-10)21-15(22)14-7-12-13(18-9-17-12)8-20(14)16(21)23/h3-6,9,14H,7-8H2,1-2H3,(H,17,18). The molecule has 1 N–H and O–H groups in total. The summed E-state index contributed by atoms with van der Waals surface area (Å²) in [5.74, 6) is 0.0289. The lowest BCUT2D eigenvalue weighted by atomic mass is 10.0. The quantitative estimate of drug-likeness (QED) is 0.848. The molecule has 23 heavy (non-hydrogen) atoms. The summed E-state index contributed by atoms with van der Waals surface area (Å²) in [6.07, 6.45) is 2.28. The number of thiocarbonyl (C=S) groups is 1. The van der Waals surface area contributed by atoms with Crippen molar-refractivity contribution < 1.29 is 4.79 Å². The number of H-pyrrole nitrogens is 1. The molecule has 4 rings (SSSR count). The van der Waals surface area contributed by atoms with E-state index in [2.05, 4.69) is 9.97 Å². The summed E-state index contributed by atoms with van der Waals surface area (Å²) in [5, 5.41) is 0.567. The number of anilines is 2. The fraction of sp³-hybridized carbons (Fsp3) is 0.312. The number of hydrogen-bond donors (Lipinski definition) is 1. The van der Waals surface area contributed by atoms with Gasteiger partial charge in [-0.2, -0.15) is 0 Å². The van der Waals surface area contributed by atoms with Gasteiger partial charge in [-0.15, -0.1) is 0 Å². The van der Waals surface area contributed by atoms with Crippen LogP contribution in [0.25, 0.3) is 0 Å². The number of aromatic amines is 1. The molecule has 0 aliphatic carbocycles. The van der Waals surface area contributed by atoms with Crippen molar-refractivity contribution in [2.24, 2.45) is 0 Å². The monoisotopic (exact) mass is 327 g/mol. The molecule has 1 amide bonds. The molecule has 1 aromatic heterocycles. The molecule has 0 bridgehead atoms. The second-order valence-electron chi connectivity index (χ2n) is 6.04. The third-order valence-corrected chi connectivity index (χ3v) is 4.88. The molecule has 1 aromatic carbocycles. The van der Waals surface area contributed by atoms with E-state index in [1.54, 1.807) is 11.2 Å². The first-order valence-electron chi connectivity index (χ1n) is 7.49. The highest BCUT2D eigenvalue weighted by Gasteiger charge is 2.46. The molecule has 2 aliphatic heterocycles. The summed E-state index contributed by atoms with van der Waals surface area (Å²) >= 11 is 5.57. The summed E-state index contributed by atoms with van der Waals surface area (Å²) < 4.78 is 0. The summed E-state index contributed by atoms with van der Waals surface area (Å²) in [4.78, 5) is 25.9. The van der Waals surface area contributed by atoms with Crippen LogP contribution in [0.1, 0.15) is 11.4 Å². The Labute approximate surface area is 139 Å². The fourth-order valence-corrected chi connectivity index (χ4v) is 3.55. The number of nitrogens with one attached hydrogen (secondary N) is 1. The molecule has 0 spiro atoms. The maximum atomic E-state index is 12.8. The SMILES string of the molecule is CN(C)c1ccc(N2C(=O)C3Cc4nc[nH]c4CN3C2=S)cc1. The Morgan fingerprint density at radius 1 is 1.30 bits per heavy atom. The Bertz CT molecular complexity index is 744. The molecule has 1 unspecified atom stereocenters. The van der Waals surface area contributed by atoms with Gasteiger partial charge in [-0.3, -0.25) is 9.69 Å². The van der Waals surface area contributed by atoms with Crippen LogP contribution in [0.15, 0.2) is 30.6 Å². The summed E-state index contributed by atoms with van der Waals surface area (Å²) in [5.41, 5.74) is 3.91. The van der Waals surface area contributed by atoms with Crippen molar-refractivity contribution in [1.82, 2.24) is 14.9 Å². The second-order valence-corrected chi connectivity index (χ2v) is 6.41. The van der Waals surface area contributed by atoms with Crippen LogP contribution in [0.4, 0.5) is 11.4 Å². The molecule has 0 saturated carbocycles. The van der Waals surface area contributed by atoms with E-state index in [0.29, 0.717) is 18.1 Å². The summed E-state index contributed by atoms with van der Waals surface area (Å²) in [6.45, 7) is 0.608. The third kappa shape index (κ3) is 2.11. The van der Waals surface area contributed by atoms with Crippen molar-refractivity contribution in [3.8, 4) is 0 Å². The number of carbonyl (C=O) groups is 1. The van der Waals surface area contributed by atoms with Gasteiger partial charge in [0.05, 0.1) is 29.9 Å². The van der Waals surface area contributed by atoms with E-state index in [0.717, 1.165) is 22.8 Å². The van der Waals surface area contributed by atoms with Crippen molar-refractivity contribution in [2.75, 3.05) is 23.9 Å². The highest BCUT2D eigenvalue weighted by Crippen LogP contribution is 2.32. The van der Waals surface area contributed by atoms with Gasteiger partial charge in [-0.1, -0.05) is 0 Å². The molecule has 1 atom stereocenters. The molecule has 2 aromatic rings. The highest BCUT2D eigenvalue weighted by atomic mass is 32.1. The number of amides is 1. The Hall–Kier alpha value is -2.41. The Kier molecular flexibility index (Phi) is 3.12. The van der Waals surface area contributed by atoms with Crippen LogP contribution in [0.5, 0.6) is 0 Å². The first-order valence-corrected chi connectivity index (χ1v) is 7.90. The van der Waals surface area contributed by atoms with Crippen LogP contribution >= 0.6 is 12.2 Å². The maximum absolute atomic E-state index is 12.8. The van der Waals surface area contributed by atoms with Gasteiger partial charge in [0.25, 0.3) is 5.91 Å². The maximum Gasteiger partial charge on any atom is 0.256 e. The number of aromatic nitrogens is 2. The Morgan fingerprint density at radius 3 is 2.74 bits per heavy atom. The first kappa shape index (κ1) is 14.2. The average molecular weight is 327 g/mol. The van der Waals surface area contributed by atoms with Crippen molar-refractivity contribution in [2.45, 2.75) is 19.0 Å². The van der Waals surface area contributed by atoms with Gasteiger partial charge in [0, 0.05) is 26.2 Å². The molecular weight excluding hydrogens is 310 g/mol. The molecular formula is C16H17N5OS.